The monoisotopic (exact) mass is 542 g/mol. The first-order chi connectivity index (χ1) is 19.1. The lowest BCUT2D eigenvalue weighted by molar-refractivity contribution is 0.0834. The summed E-state index contributed by atoms with van der Waals surface area (Å²) in [5.74, 6) is -2.93. The number of fused-ring (bicyclic) bond motifs is 2. The van der Waals surface area contributed by atoms with Crippen LogP contribution in [0.1, 0.15) is 56.9 Å². The molecule has 0 unspecified atom stereocenters. The second-order valence-electron chi connectivity index (χ2n) is 9.67. The quantitative estimate of drug-likeness (QED) is 0.207. The van der Waals surface area contributed by atoms with Crippen LogP contribution in [0.2, 0.25) is 0 Å². The van der Waals surface area contributed by atoms with E-state index in [1.807, 2.05) is 0 Å². The summed E-state index contributed by atoms with van der Waals surface area (Å²) in [6.07, 6.45) is -1.95. The fourth-order valence-electron chi connectivity index (χ4n) is 5.17. The summed E-state index contributed by atoms with van der Waals surface area (Å²) in [5, 5.41) is 61.8. The van der Waals surface area contributed by atoms with Crippen molar-refractivity contribution in [2.75, 3.05) is 0 Å². The number of benzene rings is 4. The third-order valence-corrected chi connectivity index (χ3v) is 7.06. The van der Waals surface area contributed by atoms with Gasteiger partial charge in [-0.1, -0.05) is 18.2 Å². The van der Waals surface area contributed by atoms with Crippen LogP contribution in [0.5, 0.6) is 46.0 Å². The molecule has 0 aromatic heterocycles. The van der Waals surface area contributed by atoms with E-state index in [2.05, 4.69) is 0 Å². The molecule has 2 aliphatic rings. The number of ether oxygens (including phenoxy) is 2. The average molecular weight is 542 g/mol. The van der Waals surface area contributed by atoms with Crippen LogP contribution >= 0.6 is 0 Å². The summed E-state index contributed by atoms with van der Waals surface area (Å²) in [6, 6.07) is 13.6. The van der Waals surface area contributed by atoms with Gasteiger partial charge in [-0.25, -0.2) is 0 Å². The fraction of sp³-hybridized carbons (Fsp3) is 0.133. The number of ketones is 2. The maximum absolute atomic E-state index is 13.1. The summed E-state index contributed by atoms with van der Waals surface area (Å²) < 4.78 is 12.0. The number of rotatable bonds is 3. The lowest BCUT2D eigenvalue weighted by Crippen LogP contribution is -2.21. The highest BCUT2D eigenvalue weighted by Crippen LogP contribution is 2.52. The number of carbonyl (C=O) groups is 2. The number of carbonyl (C=O) groups excluding carboxylic acids is 2. The molecule has 2 atom stereocenters. The zero-order chi connectivity index (χ0) is 28.3. The maximum Gasteiger partial charge on any atom is 0.174 e. The molecule has 0 amide bonds. The van der Waals surface area contributed by atoms with Crippen molar-refractivity contribution >= 4 is 11.6 Å². The van der Waals surface area contributed by atoms with E-state index < -0.39 is 41.0 Å². The van der Waals surface area contributed by atoms with Crippen LogP contribution in [0, 0.1) is 0 Å². The average Bonchev–Trinajstić information content (AvgIpc) is 2.89. The summed E-state index contributed by atoms with van der Waals surface area (Å²) >= 11 is 0. The van der Waals surface area contributed by atoms with Gasteiger partial charge in [-0.15, -0.1) is 0 Å². The Kier molecular flexibility index (Phi) is 5.69. The maximum atomic E-state index is 13.1. The first kappa shape index (κ1) is 24.9. The summed E-state index contributed by atoms with van der Waals surface area (Å²) in [4.78, 5) is 25.9. The van der Waals surface area contributed by atoms with Crippen LogP contribution in [0.4, 0.5) is 0 Å². The third-order valence-electron chi connectivity index (χ3n) is 7.06. The first-order valence-corrected chi connectivity index (χ1v) is 12.3. The largest absolute Gasteiger partial charge is 0.508 e. The molecule has 202 valence electrons. The van der Waals surface area contributed by atoms with E-state index in [0.29, 0.717) is 11.1 Å². The highest BCUT2D eigenvalue weighted by molar-refractivity contribution is 6.06. The van der Waals surface area contributed by atoms with Crippen molar-refractivity contribution in [1.29, 1.82) is 0 Å². The van der Waals surface area contributed by atoms with Gasteiger partial charge in [0.05, 0.1) is 18.4 Å². The number of hydrogen-bond donors (Lipinski definition) is 6. The Morgan fingerprint density at radius 2 is 1.15 bits per heavy atom. The van der Waals surface area contributed by atoms with Crippen LogP contribution in [0.25, 0.3) is 11.1 Å². The topological polar surface area (TPSA) is 174 Å². The van der Waals surface area contributed by atoms with Crippen LogP contribution in [0.3, 0.4) is 0 Å². The molecule has 2 heterocycles. The third kappa shape index (κ3) is 4.06. The van der Waals surface area contributed by atoms with Gasteiger partial charge in [0.25, 0.3) is 0 Å². The van der Waals surface area contributed by atoms with E-state index in [-0.39, 0.29) is 63.8 Å². The standard InChI is InChI=1S/C30H22O10/c31-15-4-1-13(2-5-15)24-12-23(38)29-21(36)10-20(35)27(30(29)40-24)17-7-14(3-6-18(17)33)25-11-22(37)28-19(34)8-16(32)9-26(28)39-25/h1-10,24-25,31-36H,11-12H2/t24-,25-/m1/s1. The second kappa shape index (κ2) is 9.12. The number of hydrogen-bond acceptors (Lipinski definition) is 10. The van der Waals surface area contributed by atoms with Crippen LogP contribution < -0.4 is 9.47 Å². The molecule has 0 spiro atoms. The minimum atomic E-state index is -0.872. The summed E-state index contributed by atoms with van der Waals surface area (Å²) in [5.41, 5.74) is 0.769. The molecule has 0 saturated heterocycles. The Bertz CT molecular complexity index is 1710. The molecule has 0 saturated carbocycles. The van der Waals surface area contributed by atoms with Crippen molar-refractivity contribution in [3.63, 3.8) is 0 Å². The van der Waals surface area contributed by atoms with Gasteiger partial charge >= 0.3 is 0 Å². The summed E-state index contributed by atoms with van der Waals surface area (Å²) in [6.45, 7) is 0. The SMILES string of the molecule is O=C1C[C@H](c2ccc(O)c(-c3c(O)cc(O)c4c3O[C@@H](c3ccc(O)cc3)CC4=O)c2)Oc2cc(O)cc(O)c21. The summed E-state index contributed by atoms with van der Waals surface area (Å²) in [7, 11) is 0. The predicted molar refractivity (Wildman–Crippen MR) is 139 cm³/mol. The van der Waals surface area contributed by atoms with E-state index in [4.69, 9.17) is 9.47 Å². The van der Waals surface area contributed by atoms with Crippen LogP contribution in [0.15, 0.2) is 60.7 Å². The van der Waals surface area contributed by atoms with Crippen molar-refractivity contribution in [3.8, 4) is 57.1 Å². The van der Waals surface area contributed by atoms with Crippen molar-refractivity contribution in [3.05, 3.63) is 82.9 Å². The van der Waals surface area contributed by atoms with E-state index in [0.717, 1.165) is 12.1 Å². The number of phenolic OH excluding ortho intramolecular Hbond substituents is 6. The minimum Gasteiger partial charge on any atom is -0.508 e. The zero-order valence-electron chi connectivity index (χ0n) is 20.7. The molecule has 0 bridgehead atoms. The molecule has 0 fully saturated rings. The van der Waals surface area contributed by atoms with Crippen LogP contribution in [-0.4, -0.2) is 42.2 Å². The number of phenols is 6. The van der Waals surface area contributed by atoms with Crippen molar-refractivity contribution < 1.29 is 49.7 Å². The van der Waals surface area contributed by atoms with Crippen molar-refractivity contribution in [1.82, 2.24) is 0 Å². The Balaban J connectivity index is 1.45. The molecule has 10 heteroatoms. The second-order valence-corrected chi connectivity index (χ2v) is 9.67. The number of Topliss-reactive ketones (excluding diaryl/α,β-unsaturated/α-hetero) is 2. The molecule has 2 aliphatic heterocycles. The normalized spacial score (nSPS) is 17.9. The first-order valence-electron chi connectivity index (χ1n) is 12.3. The Morgan fingerprint density at radius 1 is 0.550 bits per heavy atom. The van der Waals surface area contributed by atoms with E-state index in [1.165, 1.54) is 36.4 Å². The number of aromatic hydroxyl groups is 6. The lowest BCUT2D eigenvalue weighted by Gasteiger charge is -2.29. The molecule has 40 heavy (non-hydrogen) atoms. The highest BCUT2D eigenvalue weighted by atomic mass is 16.5. The highest BCUT2D eigenvalue weighted by Gasteiger charge is 2.36. The Labute approximate surface area is 226 Å². The van der Waals surface area contributed by atoms with Crippen molar-refractivity contribution in [2.45, 2.75) is 25.0 Å². The Morgan fingerprint density at radius 3 is 1.88 bits per heavy atom. The fourth-order valence-corrected chi connectivity index (χ4v) is 5.17. The molecule has 4 aromatic carbocycles. The smallest absolute Gasteiger partial charge is 0.174 e. The molecule has 6 N–H and O–H groups in total. The minimum absolute atomic E-state index is 0.0103. The van der Waals surface area contributed by atoms with Gasteiger partial charge < -0.3 is 40.1 Å². The van der Waals surface area contributed by atoms with Gasteiger partial charge in [0.2, 0.25) is 0 Å². The van der Waals surface area contributed by atoms with Crippen LogP contribution in [-0.2, 0) is 0 Å². The predicted octanol–water partition coefficient (Wildman–Crippen LogP) is 5.00. The molecule has 6 rings (SSSR count). The van der Waals surface area contributed by atoms with E-state index in [1.54, 1.807) is 12.1 Å². The van der Waals surface area contributed by atoms with Gasteiger partial charge in [-0.2, -0.15) is 0 Å². The molecule has 0 radical (unpaired) electrons. The van der Waals surface area contributed by atoms with Gasteiger partial charge in [0, 0.05) is 23.8 Å². The lowest BCUT2D eigenvalue weighted by atomic mass is 9.89. The molecular weight excluding hydrogens is 520 g/mol. The van der Waals surface area contributed by atoms with Gasteiger partial charge in [0.15, 0.2) is 11.6 Å². The van der Waals surface area contributed by atoms with Gasteiger partial charge in [-0.3, -0.25) is 9.59 Å². The molecule has 4 aromatic rings. The molecule has 10 nitrogen and oxygen atoms in total. The van der Waals surface area contributed by atoms with E-state index in [9.17, 15) is 40.2 Å². The molecular formula is C30H22O10. The molecule has 0 aliphatic carbocycles. The van der Waals surface area contributed by atoms with Crippen molar-refractivity contribution in [2.24, 2.45) is 0 Å². The van der Waals surface area contributed by atoms with Gasteiger partial charge in [-0.05, 0) is 35.4 Å². The zero-order valence-corrected chi connectivity index (χ0v) is 20.7. The van der Waals surface area contributed by atoms with E-state index >= 15 is 0 Å². The van der Waals surface area contributed by atoms with Gasteiger partial charge in [0.1, 0.15) is 69.3 Å². The Hall–Kier alpha value is -5.38.